The first-order valence-electron chi connectivity index (χ1n) is 27.9. The summed E-state index contributed by atoms with van der Waals surface area (Å²) in [7, 11) is 0. The number of hydrogen-bond acceptors (Lipinski definition) is 12. The van der Waals surface area contributed by atoms with E-state index in [4.69, 9.17) is 15.5 Å². The van der Waals surface area contributed by atoms with E-state index in [2.05, 4.69) is 21.3 Å². The molecule has 2 aliphatic heterocycles. The first-order valence-corrected chi connectivity index (χ1v) is 27.9. The minimum Gasteiger partial charge on any atom is -0.508 e. The fraction of sp³-hybridized carbons (Fsp3) is 0.393. The predicted octanol–water partition coefficient (Wildman–Crippen LogP) is 6.17. The normalized spacial score (nSPS) is 16.7. The Kier molecular flexibility index (Phi) is 21.1. The smallest absolute Gasteiger partial charge is 0.410 e. The summed E-state index contributed by atoms with van der Waals surface area (Å²) >= 11 is 0. The van der Waals surface area contributed by atoms with E-state index in [-0.39, 0.29) is 80.6 Å². The molecule has 1 fully saturated rings. The number of imide groups is 1. The molecule has 0 aliphatic carbocycles. The highest BCUT2D eigenvalue weighted by Crippen LogP contribution is 2.41. The molecule has 1 aromatic heterocycles. The van der Waals surface area contributed by atoms with Crippen LogP contribution in [0.15, 0.2) is 109 Å². The number of carbonyl (C=O) groups excluding carboxylic acids is 8. The zero-order valence-electron chi connectivity index (χ0n) is 48.3. The topological polar surface area (TPSA) is 288 Å². The Labute approximate surface area is 493 Å². The Hall–Kier alpha value is -9.13. The summed E-state index contributed by atoms with van der Waals surface area (Å²) in [5.41, 5.74) is 5.78. The van der Waals surface area contributed by atoms with Crippen LogP contribution in [0.2, 0.25) is 0 Å². The van der Waals surface area contributed by atoms with E-state index in [0.717, 1.165) is 40.2 Å². The molecule has 8 N–H and O–H groups in total. The second-order valence-corrected chi connectivity index (χ2v) is 22.7. The highest BCUT2D eigenvalue weighted by molar-refractivity contribution is 6.15. The molecule has 21 nitrogen and oxygen atoms in total. The van der Waals surface area contributed by atoms with E-state index < -0.39 is 125 Å². The number of aromatic hydroxyl groups is 1. The van der Waals surface area contributed by atoms with E-state index in [0.29, 0.717) is 16.7 Å². The Balaban J connectivity index is 1.01. The molecule has 0 radical (unpaired) electrons. The third kappa shape index (κ3) is 16.6. The van der Waals surface area contributed by atoms with Gasteiger partial charge in [0, 0.05) is 68.1 Å². The number of nitrogens with zero attached hydrogens (tertiary/aromatic N) is 5. The van der Waals surface area contributed by atoms with Crippen molar-refractivity contribution in [2.24, 2.45) is 23.0 Å². The van der Waals surface area contributed by atoms with Crippen molar-refractivity contribution in [3.05, 3.63) is 149 Å². The van der Waals surface area contributed by atoms with Crippen LogP contribution in [-0.2, 0) is 53.1 Å². The molecule has 25 heteroatoms. The number of nitrogens with one attached hydrogen (secondary N) is 4. The maximum absolute atomic E-state index is 16.3. The quantitative estimate of drug-likeness (QED) is 0.0207. The second kappa shape index (κ2) is 28.2. The molecule has 9 amide bonds. The number of imidazole rings is 1. The van der Waals surface area contributed by atoms with Gasteiger partial charge in [0.05, 0.1) is 18.3 Å². The number of primary amides is 1. The molecule has 7 rings (SSSR count). The van der Waals surface area contributed by atoms with Gasteiger partial charge in [-0.1, -0.05) is 71.0 Å². The number of phenolic OH excluding ortho intramolecular Hbond substituents is 1. The molecule has 0 bridgehead atoms. The molecule has 7 atom stereocenters. The van der Waals surface area contributed by atoms with Gasteiger partial charge in [-0.15, -0.1) is 0 Å². The number of hydrogen-bond donors (Lipinski definition) is 7. The number of aromatic nitrogens is 2. The van der Waals surface area contributed by atoms with Crippen LogP contribution in [0.1, 0.15) is 82.9 Å². The van der Waals surface area contributed by atoms with Gasteiger partial charge in [0.2, 0.25) is 17.7 Å². The molecule has 3 heterocycles. The largest absolute Gasteiger partial charge is 0.508 e. The van der Waals surface area contributed by atoms with Crippen molar-refractivity contribution in [3.63, 3.8) is 0 Å². The molecule has 2 aliphatic rings. The van der Waals surface area contributed by atoms with Gasteiger partial charge in [0.25, 0.3) is 17.7 Å². The fourth-order valence-corrected chi connectivity index (χ4v) is 10.3. The van der Waals surface area contributed by atoms with Gasteiger partial charge in [0.15, 0.2) is 0 Å². The third-order valence-corrected chi connectivity index (χ3v) is 14.6. The van der Waals surface area contributed by atoms with Gasteiger partial charge in [-0.3, -0.25) is 33.7 Å². The van der Waals surface area contributed by atoms with Crippen LogP contribution in [0.5, 0.6) is 5.75 Å². The number of carbonyl (C=O) groups is 8. The summed E-state index contributed by atoms with van der Waals surface area (Å²) in [4.78, 5) is 115. The van der Waals surface area contributed by atoms with Crippen LogP contribution in [-0.4, -0.2) is 139 Å². The number of aliphatic hydroxyl groups excluding tert-OH is 1. The molecule has 458 valence electrons. The number of halogens is 4. The minimum absolute atomic E-state index is 0.00329. The lowest BCUT2D eigenvalue weighted by molar-refractivity contribution is -0.146. The number of likely N-dealkylation sites (tertiary alicyclic amines) is 1. The molecule has 0 spiro atoms. The maximum Gasteiger partial charge on any atom is 0.410 e. The van der Waals surface area contributed by atoms with Crippen LogP contribution in [0.3, 0.4) is 0 Å². The average molecular weight is 1200 g/mol. The number of aliphatic hydroxyl groups is 1. The lowest BCUT2D eigenvalue weighted by Gasteiger charge is -2.41. The molecule has 1 saturated heterocycles. The van der Waals surface area contributed by atoms with Gasteiger partial charge in [-0.25, -0.2) is 32.1 Å². The van der Waals surface area contributed by atoms with Gasteiger partial charge in [-0.2, -0.15) is 0 Å². The fourth-order valence-electron chi connectivity index (χ4n) is 10.3. The van der Waals surface area contributed by atoms with Crippen molar-refractivity contribution in [3.8, 4) is 17.0 Å². The summed E-state index contributed by atoms with van der Waals surface area (Å²) in [6, 6.07) is 14.6. The number of nitrogens with two attached hydrogens (primary N) is 1. The van der Waals surface area contributed by atoms with E-state index in [9.17, 15) is 57.4 Å². The van der Waals surface area contributed by atoms with Gasteiger partial charge in [0.1, 0.15) is 66.0 Å². The van der Waals surface area contributed by atoms with Crippen LogP contribution >= 0.6 is 0 Å². The molecule has 86 heavy (non-hydrogen) atoms. The van der Waals surface area contributed by atoms with Crippen molar-refractivity contribution in [1.29, 1.82) is 0 Å². The van der Waals surface area contributed by atoms with E-state index in [1.807, 2.05) is 0 Å². The first-order chi connectivity index (χ1) is 40.7. The molecular weight excluding hydrogens is 1120 g/mol. The molecule has 5 aromatic rings. The SMILES string of the molecule is CC(C)[C@H](NC(=O)[C@H](Cc1ccc(O)cc1)N1C(=O)C=CC1=O)C(=O)N[C@@H](CCCNC(N)=O)C(=O)Nc1ccc(COC(=O)N2CC(CN(C(=O)[C@H](C)O)[C@@H](c3nc(-c4cc(F)ccc4F)cn3Cc3cccc(F)c3)C(C)(C)C)[C@@H](F)C2)cc1. The van der Waals surface area contributed by atoms with E-state index in [1.54, 1.807) is 57.4 Å². The van der Waals surface area contributed by atoms with Crippen LogP contribution in [0.4, 0.5) is 32.8 Å². The Morgan fingerprint density at radius 1 is 0.826 bits per heavy atom. The number of phenols is 1. The average Bonchev–Trinajstić information content (AvgIpc) is 1.71. The lowest BCUT2D eigenvalue weighted by Crippen LogP contribution is -2.59. The van der Waals surface area contributed by atoms with Crippen LogP contribution in [0, 0.1) is 34.7 Å². The number of benzene rings is 4. The zero-order valence-corrected chi connectivity index (χ0v) is 48.3. The number of amides is 9. The van der Waals surface area contributed by atoms with Gasteiger partial charge in [-0.05, 0) is 102 Å². The molecular formula is C61H70F4N10O11. The number of anilines is 1. The van der Waals surface area contributed by atoms with E-state index >= 15 is 8.78 Å². The Morgan fingerprint density at radius 3 is 2.12 bits per heavy atom. The van der Waals surface area contributed by atoms with Gasteiger partial charge >= 0.3 is 12.1 Å². The number of alkyl halides is 1. The standard InChI is InChI=1S/C61H70F4N10O11/c1-34(2)52(71-56(81)49(75-50(78)22-23-51(75)79)26-36-14-19-43(77)20-15-36)57(82)70-47(11-8-24-67-59(66)84)55(80)68-42-17-12-37(13-18-42)33-86-60(85)73-29-39(46(65)31-73)30-74(58(83)35(3)76)53(61(4,5)6)54-69-48(44-27-41(63)16-21-45(44)64)32-72(54)28-38-9-7-10-40(62)25-38/h7,9-10,12-23,25,27,32,34-35,39,46-47,49,52-53,76-77H,8,11,24,26,28-31,33H2,1-6H3,(H,68,80)(H,70,82)(H,71,81)(H3,66,67,84)/t35-,39?,46-,47-,49-,52-,53-/m0/s1. The van der Waals surface area contributed by atoms with Crippen molar-refractivity contribution in [1.82, 2.24) is 40.2 Å². The second-order valence-electron chi connectivity index (χ2n) is 22.7. The van der Waals surface area contributed by atoms with Crippen LogP contribution < -0.4 is 27.0 Å². The Morgan fingerprint density at radius 2 is 1.49 bits per heavy atom. The number of urea groups is 1. The zero-order chi connectivity index (χ0) is 62.7. The Bertz CT molecular complexity index is 3320. The summed E-state index contributed by atoms with van der Waals surface area (Å²) in [5, 5.41) is 31.1. The highest BCUT2D eigenvalue weighted by atomic mass is 19.1. The highest BCUT2D eigenvalue weighted by Gasteiger charge is 2.45. The lowest BCUT2D eigenvalue weighted by atomic mass is 9.84. The van der Waals surface area contributed by atoms with Gasteiger partial charge < -0.3 is 56.3 Å². The van der Waals surface area contributed by atoms with E-state index in [1.165, 1.54) is 72.6 Å². The van der Waals surface area contributed by atoms with Crippen LogP contribution in [0.25, 0.3) is 11.3 Å². The summed E-state index contributed by atoms with van der Waals surface area (Å²) < 4.78 is 67.7. The molecule has 0 saturated carbocycles. The summed E-state index contributed by atoms with van der Waals surface area (Å²) in [5.74, 6) is -8.17. The van der Waals surface area contributed by atoms with Crippen molar-refractivity contribution in [2.75, 3.05) is 31.5 Å². The predicted molar refractivity (Wildman–Crippen MR) is 306 cm³/mol. The number of rotatable bonds is 24. The van der Waals surface area contributed by atoms with Crippen molar-refractivity contribution < 1.29 is 70.9 Å². The molecule has 4 aromatic carbocycles. The molecule has 1 unspecified atom stereocenters. The monoisotopic (exact) mass is 1190 g/mol. The minimum atomic E-state index is -1.69. The number of ether oxygens (including phenoxy) is 1. The third-order valence-electron chi connectivity index (χ3n) is 14.6. The maximum atomic E-state index is 16.3. The first kappa shape index (κ1) is 64.4. The van der Waals surface area contributed by atoms with Crippen molar-refractivity contribution >= 4 is 53.3 Å². The van der Waals surface area contributed by atoms with Crippen molar-refractivity contribution in [2.45, 2.75) is 110 Å². The summed E-state index contributed by atoms with van der Waals surface area (Å²) in [6.45, 7) is 8.60. The summed E-state index contributed by atoms with van der Waals surface area (Å²) in [6.07, 6.45) is -0.689.